The summed E-state index contributed by atoms with van der Waals surface area (Å²) in [5, 5.41) is 0.386. The Bertz CT molecular complexity index is 477. The molecule has 1 heterocycles. The summed E-state index contributed by atoms with van der Waals surface area (Å²) in [5.74, 6) is -0.488. The van der Waals surface area contributed by atoms with E-state index >= 15 is 0 Å². The molecule has 0 aromatic carbocycles. The summed E-state index contributed by atoms with van der Waals surface area (Å²) >= 11 is 6.01. The molecule has 0 bridgehead atoms. The van der Waals surface area contributed by atoms with Crippen LogP contribution in [0.25, 0.3) is 0 Å². The lowest BCUT2D eigenvalue weighted by atomic mass is 10.2. The van der Waals surface area contributed by atoms with Gasteiger partial charge in [0.15, 0.2) is 0 Å². The maximum atomic E-state index is 12.1. The van der Waals surface area contributed by atoms with Gasteiger partial charge in [0.25, 0.3) is 5.91 Å². The molecule has 5 nitrogen and oxygen atoms in total. The third-order valence-electron chi connectivity index (χ3n) is 2.67. The van der Waals surface area contributed by atoms with E-state index in [1.165, 1.54) is 18.2 Å². The summed E-state index contributed by atoms with van der Waals surface area (Å²) in [4.78, 5) is 28.6. The van der Waals surface area contributed by atoms with Crippen molar-refractivity contribution in [3.63, 3.8) is 0 Å². The van der Waals surface area contributed by atoms with Gasteiger partial charge in [0.1, 0.15) is 0 Å². The number of aryl methyl sites for hydroxylation is 1. The first-order valence-electron chi connectivity index (χ1n) is 5.90. The lowest BCUT2D eigenvalue weighted by Crippen LogP contribution is -2.28. The standard InChI is InChI=1S/C13H17ClN2O3/c1-9-7-11(14)10(8-15-9)13(18)16(2)6-4-5-12(17)19-3/h7-8H,4-6H2,1-3H3. The molecule has 0 aliphatic rings. The molecule has 1 aromatic heterocycles. The molecule has 0 N–H and O–H groups in total. The summed E-state index contributed by atoms with van der Waals surface area (Å²) < 4.78 is 4.54. The van der Waals surface area contributed by atoms with Crippen LogP contribution in [0.3, 0.4) is 0 Å². The zero-order valence-corrected chi connectivity index (χ0v) is 12.0. The van der Waals surface area contributed by atoms with Gasteiger partial charge >= 0.3 is 5.97 Å². The molecule has 0 spiro atoms. The third kappa shape index (κ3) is 4.52. The minimum Gasteiger partial charge on any atom is -0.469 e. The molecule has 0 aliphatic carbocycles. The molecule has 0 saturated carbocycles. The normalized spacial score (nSPS) is 10.1. The predicted octanol–water partition coefficient (Wildman–Crippen LogP) is 2.07. The van der Waals surface area contributed by atoms with Crippen molar-refractivity contribution in [3.05, 3.63) is 28.5 Å². The van der Waals surface area contributed by atoms with E-state index in [4.69, 9.17) is 11.6 Å². The second kappa shape index (κ2) is 7.09. The summed E-state index contributed by atoms with van der Waals surface area (Å²) in [5.41, 5.74) is 1.13. The number of carbonyl (C=O) groups excluding carboxylic acids is 2. The lowest BCUT2D eigenvalue weighted by Gasteiger charge is -2.17. The van der Waals surface area contributed by atoms with E-state index in [-0.39, 0.29) is 18.3 Å². The van der Waals surface area contributed by atoms with Crippen LogP contribution in [0.2, 0.25) is 5.02 Å². The number of esters is 1. The highest BCUT2D eigenvalue weighted by Crippen LogP contribution is 2.17. The largest absolute Gasteiger partial charge is 0.469 e. The van der Waals surface area contributed by atoms with E-state index in [9.17, 15) is 9.59 Å². The SMILES string of the molecule is COC(=O)CCCN(C)C(=O)c1cnc(C)cc1Cl. The van der Waals surface area contributed by atoms with E-state index in [0.717, 1.165) is 5.69 Å². The van der Waals surface area contributed by atoms with Crippen LogP contribution in [-0.4, -0.2) is 42.5 Å². The highest BCUT2D eigenvalue weighted by atomic mass is 35.5. The summed E-state index contributed by atoms with van der Waals surface area (Å²) in [6.07, 6.45) is 2.30. The molecule has 0 atom stereocenters. The van der Waals surface area contributed by atoms with Crippen LogP contribution in [0.15, 0.2) is 12.3 Å². The number of pyridine rings is 1. The van der Waals surface area contributed by atoms with Gasteiger partial charge < -0.3 is 9.64 Å². The van der Waals surface area contributed by atoms with Gasteiger partial charge in [0.2, 0.25) is 0 Å². The number of carbonyl (C=O) groups is 2. The monoisotopic (exact) mass is 284 g/mol. The lowest BCUT2D eigenvalue weighted by molar-refractivity contribution is -0.140. The van der Waals surface area contributed by atoms with Crippen LogP contribution in [0, 0.1) is 6.92 Å². The minimum atomic E-state index is -0.282. The molecule has 1 aromatic rings. The first-order chi connectivity index (χ1) is 8.95. The van der Waals surface area contributed by atoms with Gasteiger partial charge in [-0.3, -0.25) is 14.6 Å². The van der Waals surface area contributed by atoms with Gasteiger partial charge in [-0.05, 0) is 19.4 Å². The van der Waals surface area contributed by atoms with Crippen molar-refractivity contribution in [3.8, 4) is 0 Å². The molecular weight excluding hydrogens is 268 g/mol. The third-order valence-corrected chi connectivity index (χ3v) is 2.98. The van der Waals surface area contributed by atoms with E-state index in [1.807, 2.05) is 0 Å². The summed E-state index contributed by atoms with van der Waals surface area (Å²) in [7, 11) is 3.00. The van der Waals surface area contributed by atoms with Crippen LogP contribution < -0.4 is 0 Å². The zero-order chi connectivity index (χ0) is 14.4. The smallest absolute Gasteiger partial charge is 0.305 e. The topological polar surface area (TPSA) is 59.5 Å². The van der Waals surface area contributed by atoms with Gasteiger partial charge in [-0.1, -0.05) is 11.6 Å². The first-order valence-corrected chi connectivity index (χ1v) is 6.28. The average Bonchev–Trinajstić information content (AvgIpc) is 2.37. The molecule has 0 aliphatic heterocycles. The second-order valence-electron chi connectivity index (χ2n) is 4.21. The van der Waals surface area contributed by atoms with E-state index in [2.05, 4.69) is 9.72 Å². The highest BCUT2D eigenvalue weighted by molar-refractivity contribution is 6.33. The van der Waals surface area contributed by atoms with Gasteiger partial charge in [-0.15, -0.1) is 0 Å². The fourth-order valence-corrected chi connectivity index (χ4v) is 1.84. The minimum absolute atomic E-state index is 0.206. The Kier molecular flexibility index (Phi) is 5.76. The number of amides is 1. The first kappa shape index (κ1) is 15.4. The fourth-order valence-electron chi connectivity index (χ4n) is 1.55. The van der Waals surface area contributed by atoms with Crippen molar-refractivity contribution in [1.82, 2.24) is 9.88 Å². The maximum Gasteiger partial charge on any atom is 0.305 e. The highest BCUT2D eigenvalue weighted by Gasteiger charge is 2.15. The number of methoxy groups -OCH3 is 1. The van der Waals surface area contributed by atoms with Gasteiger partial charge in [0, 0.05) is 31.9 Å². The Morgan fingerprint density at radius 3 is 2.74 bits per heavy atom. The van der Waals surface area contributed by atoms with Crippen molar-refractivity contribution in [1.29, 1.82) is 0 Å². The Labute approximate surface area is 117 Å². The molecule has 19 heavy (non-hydrogen) atoms. The molecule has 1 rings (SSSR count). The van der Waals surface area contributed by atoms with Gasteiger partial charge in [-0.25, -0.2) is 0 Å². The van der Waals surface area contributed by atoms with Crippen molar-refractivity contribution in [2.75, 3.05) is 20.7 Å². The molecule has 1 amide bonds. The summed E-state index contributed by atoms with van der Waals surface area (Å²) in [6.45, 7) is 2.26. The number of hydrogen-bond acceptors (Lipinski definition) is 4. The quantitative estimate of drug-likeness (QED) is 0.777. The number of nitrogens with zero attached hydrogens (tertiary/aromatic N) is 2. The molecule has 6 heteroatoms. The fraction of sp³-hybridized carbons (Fsp3) is 0.462. The van der Waals surface area contributed by atoms with Crippen LogP contribution in [0.1, 0.15) is 28.9 Å². The summed E-state index contributed by atoms with van der Waals surface area (Å²) in [6, 6.07) is 1.65. The Morgan fingerprint density at radius 2 is 2.16 bits per heavy atom. The van der Waals surface area contributed by atoms with E-state index in [1.54, 1.807) is 20.0 Å². The van der Waals surface area contributed by atoms with Crippen LogP contribution in [0.5, 0.6) is 0 Å². The number of aromatic nitrogens is 1. The predicted molar refractivity (Wildman–Crippen MR) is 72.2 cm³/mol. The maximum absolute atomic E-state index is 12.1. The molecule has 0 saturated heterocycles. The number of halogens is 1. The van der Waals surface area contributed by atoms with Crippen molar-refractivity contribution >= 4 is 23.5 Å². The number of hydrogen-bond donors (Lipinski definition) is 0. The Balaban J connectivity index is 2.59. The molecular formula is C13H17ClN2O3. The second-order valence-corrected chi connectivity index (χ2v) is 4.62. The molecule has 104 valence electrons. The molecule has 0 radical (unpaired) electrons. The average molecular weight is 285 g/mol. The van der Waals surface area contributed by atoms with Crippen molar-refractivity contribution in [2.24, 2.45) is 0 Å². The number of rotatable bonds is 5. The van der Waals surface area contributed by atoms with Crippen LogP contribution in [0.4, 0.5) is 0 Å². The van der Waals surface area contributed by atoms with Gasteiger partial charge in [0.05, 0.1) is 17.7 Å². The molecule has 0 unspecified atom stereocenters. The van der Waals surface area contributed by atoms with Crippen LogP contribution in [-0.2, 0) is 9.53 Å². The van der Waals surface area contributed by atoms with Crippen molar-refractivity contribution in [2.45, 2.75) is 19.8 Å². The number of ether oxygens (including phenoxy) is 1. The Hall–Kier alpha value is -1.62. The van der Waals surface area contributed by atoms with E-state index in [0.29, 0.717) is 23.6 Å². The van der Waals surface area contributed by atoms with Crippen molar-refractivity contribution < 1.29 is 14.3 Å². The molecule has 0 fully saturated rings. The van der Waals surface area contributed by atoms with Crippen LogP contribution >= 0.6 is 11.6 Å². The van der Waals surface area contributed by atoms with E-state index < -0.39 is 0 Å². The van der Waals surface area contributed by atoms with Gasteiger partial charge in [-0.2, -0.15) is 0 Å². The Morgan fingerprint density at radius 1 is 1.47 bits per heavy atom. The zero-order valence-electron chi connectivity index (χ0n) is 11.3.